The fourth-order valence-electron chi connectivity index (χ4n) is 1.72. The van der Waals surface area contributed by atoms with Gasteiger partial charge >= 0.3 is 0 Å². The molecular formula is C13H14ClN3O. The number of aromatic nitrogens is 2. The Morgan fingerprint density at radius 1 is 1.22 bits per heavy atom. The van der Waals surface area contributed by atoms with Crippen molar-refractivity contribution < 1.29 is 4.74 Å². The second-order valence-electron chi connectivity index (χ2n) is 3.83. The first-order valence-corrected chi connectivity index (χ1v) is 5.87. The molecule has 94 valence electrons. The Bertz CT molecular complexity index is 539. The molecule has 0 fully saturated rings. The third-order valence-corrected chi connectivity index (χ3v) is 2.78. The molecule has 0 bridgehead atoms. The van der Waals surface area contributed by atoms with E-state index in [1.165, 1.54) is 0 Å². The number of halogens is 1. The van der Waals surface area contributed by atoms with Crippen LogP contribution in [-0.2, 0) is 0 Å². The summed E-state index contributed by atoms with van der Waals surface area (Å²) in [5, 5.41) is 0.430. The van der Waals surface area contributed by atoms with Crippen molar-refractivity contribution in [2.24, 2.45) is 0 Å². The van der Waals surface area contributed by atoms with Crippen LogP contribution in [-0.4, -0.2) is 24.1 Å². The number of rotatable bonds is 3. The highest BCUT2D eigenvalue weighted by Crippen LogP contribution is 2.31. The van der Waals surface area contributed by atoms with Crippen molar-refractivity contribution in [3.63, 3.8) is 0 Å². The molecule has 0 N–H and O–H groups in total. The van der Waals surface area contributed by atoms with Gasteiger partial charge in [0, 0.05) is 13.1 Å². The molecule has 2 aromatic rings. The van der Waals surface area contributed by atoms with E-state index in [2.05, 4.69) is 9.97 Å². The van der Waals surface area contributed by atoms with Gasteiger partial charge in [-0.2, -0.15) is 0 Å². The van der Waals surface area contributed by atoms with Gasteiger partial charge in [-0.25, -0.2) is 9.97 Å². The number of aryl methyl sites for hydroxylation is 1. The van der Waals surface area contributed by atoms with Gasteiger partial charge in [0.2, 0.25) is 0 Å². The highest BCUT2D eigenvalue weighted by Gasteiger charge is 2.11. The summed E-state index contributed by atoms with van der Waals surface area (Å²) in [5.41, 5.74) is 0.925. The van der Waals surface area contributed by atoms with Crippen molar-refractivity contribution in [3.8, 4) is 5.75 Å². The molecule has 0 unspecified atom stereocenters. The Morgan fingerprint density at radius 2 is 1.94 bits per heavy atom. The van der Waals surface area contributed by atoms with Gasteiger partial charge in [0.1, 0.15) is 22.5 Å². The highest BCUT2D eigenvalue weighted by molar-refractivity contribution is 6.29. The summed E-state index contributed by atoms with van der Waals surface area (Å²) in [7, 11) is 3.56. The molecular weight excluding hydrogens is 250 g/mol. The van der Waals surface area contributed by atoms with E-state index in [0.717, 1.165) is 17.3 Å². The minimum Gasteiger partial charge on any atom is -0.495 e. The van der Waals surface area contributed by atoms with Gasteiger partial charge in [0.25, 0.3) is 0 Å². The SMILES string of the molecule is COc1ccccc1N(C)c1cc(Cl)nc(C)n1. The number of hydrogen-bond donors (Lipinski definition) is 0. The molecule has 2 rings (SSSR count). The first-order valence-electron chi connectivity index (χ1n) is 5.49. The van der Waals surface area contributed by atoms with Gasteiger partial charge in [-0.05, 0) is 19.1 Å². The van der Waals surface area contributed by atoms with Crippen LogP contribution in [0.3, 0.4) is 0 Å². The van der Waals surface area contributed by atoms with Gasteiger partial charge in [-0.3, -0.25) is 0 Å². The van der Waals surface area contributed by atoms with Crippen LogP contribution in [0.4, 0.5) is 11.5 Å². The van der Waals surface area contributed by atoms with Crippen LogP contribution < -0.4 is 9.64 Å². The summed E-state index contributed by atoms with van der Waals surface area (Å²) in [6.07, 6.45) is 0. The van der Waals surface area contributed by atoms with Gasteiger partial charge in [-0.15, -0.1) is 0 Å². The van der Waals surface area contributed by atoms with E-state index >= 15 is 0 Å². The smallest absolute Gasteiger partial charge is 0.142 e. The molecule has 5 heteroatoms. The second-order valence-corrected chi connectivity index (χ2v) is 4.21. The molecule has 0 saturated carbocycles. The lowest BCUT2D eigenvalue weighted by Gasteiger charge is -2.21. The van der Waals surface area contributed by atoms with Crippen molar-refractivity contribution >= 4 is 23.1 Å². The summed E-state index contributed by atoms with van der Waals surface area (Å²) < 4.78 is 5.33. The van der Waals surface area contributed by atoms with Crippen LogP contribution in [0.1, 0.15) is 5.82 Å². The van der Waals surface area contributed by atoms with E-state index in [4.69, 9.17) is 16.3 Å². The average Bonchev–Trinajstić information content (AvgIpc) is 2.36. The summed E-state index contributed by atoms with van der Waals surface area (Å²) in [5.74, 6) is 2.16. The number of anilines is 2. The van der Waals surface area contributed by atoms with E-state index in [9.17, 15) is 0 Å². The third-order valence-electron chi connectivity index (χ3n) is 2.58. The summed E-state index contributed by atoms with van der Waals surface area (Å²) in [6.45, 7) is 1.81. The summed E-state index contributed by atoms with van der Waals surface area (Å²) in [6, 6.07) is 9.46. The van der Waals surface area contributed by atoms with Crippen molar-refractivity contribution in [1.82, 2.24) is 9.97 Å². The topological polar surface area (TPSA) is 38.2 Å². The zero-order valence-electron chi connectivity index (χ0n) is 10.5. The molecule has 0 radical (unpaired) electrons. The highest BCUT2D eigenvalue weighted by atomic mass is 35.5. The standard InChI is InChI=1S/C13H14ClN3O/c1-9-15-12(14)8-13(16-9)17(2)10-6-4-5-7-11(10)18-3/h4-8H,1-3H3. The number of nitrogens with zero attached hydrogens (tertiary/aromatic N) is 3. The van der Waals surface area contributed by atoms with Crippen molar-refractivity contribution in [3.05, 3.63) is 41.3 Å². The number of para-hydroxylation sites is 2. The molecule has 0 spiro atoms. The van der Waals surface area contributed by atoms with Crippen LogP contribution in [0.25, 0.3) is 0 Å². The average molecular weight is 264 g/mol. The Morgan fingerprint density at radius 3 is 2.61 bits per heavy atom. The fourth-order valence-corrected chi connectivity index (χ4v) is 1.94. The normalized spacial score (nSPS) is 10.2. The molecule has 0 aliphatic carbocycles. The number of benzene rings is 1. The lowest BCUT2D eigenvalue weighted by atomic mass is 10.2. The van der Waals surface area contributed by atoms with Gasteiger partial charge in [-0.1, -0.05) is 23.7 Å². The molecule has 4 nitrogen and oxygen atoms in total. The van der Waals surface area contributed by atoms with Crippen molar-refractivity contribution in [1.29, 1.82) is 0 Å². The molecule has 1 heterocycles. The monoisotopic (exact) mass is 263 g/mol. The molecule has 0 amide bonds. The first kappa shape index (κ1) is 12.6. The molecule has 0 saturated heterocycles. The zero-order chi connectivity index (χ0) is 13.1. The number of hydrogen-bond acceptors (Lipinski definition) is 4. The molecule has 1 aromatic heterocycles. The molecule has 0 aliphatic heterocycles. The Kier molecular flexibility index (Phi) is 3.67. The van der Waals surface area contributed by atoms with Gasteiger partial charge < -0.3 is 9.64 Å². The lowest BCUT2D eigenvalue weighted by Crippen LogP contribution is -2.13. The lowest BCUT2D eigenvalue weighted by molar-refractivity contribution is 0.415. The molecule has 0 atom stereocenters. The van der Waals surface area contributed by atoms with Crippen molar-refractivity contribution in [2.45, 2.75) is 6.92 Å². The summed E-state index contributed by atoms with van der Waals surface area (Å²) in [4.78, 5) is 10.3. The minimum atomic E-state index is 0.430. The summed E-state index contributed by atoms with van der Waals surface area (Å²) >= 11 is 5.95. The molecule has 1 aromatic carbocycles. The van der Waals surface area contributed by atoms with Gasteiger partial charge in [0.05, 0.1) is 12.8 Å². The maximum absolute atomic E-state index is 5.95. The van der Waals surface area contributed by atoms with Crippen LogP contribution in [0, 0.1) is 6.92 Å². The maximum Gasteiger partial charge on any atom is 0.142 e. The van der Waals surface area contributed by atoms with E-state index < -0.39 is 0 Å². The van der Waals surface area contributed by atoms with E-state index in [0.29, 0.717) is 11.0 Å². The predicted octanol–water partition coefficient (Wildman–Crippen LogP) is 3.21. The Hall–Kier alpha value is -1.81. The quantitative estimate of drug-likeness (QED) is 0.797. The molecule has 0 aliphatic rings. The third kappa shape index (κ3) is 2.54. The number of ether oxygens (including phenoxy) is 1. The van der Waals surface area contributed by atoms with E-state index in [-0.39, 0.29) is 0 Å². The fraction of sp³-hybridized carbons (Fsp3) is 0.231. The van der Waals surface area contributed by atoms with Crippen LogP contribution >= 0.6 is 11.6 Å². The largest absolute Gasteiger partial charge is 0.495 e. The number of methoxy groups -OCH3 is 1. The van der Waals surface area contributed by atoms with Crippen LogP contribution in [0.5, 0.6) is 5.75 Å². The second kappa shape index (κ2) is 5.23. The van der Waals surface area contributed by atoms with Gasteiger partial charge in [0.15, 0.2) is 0 Å². The Labute approximate surface area is 111 Å². The molecule has 18 heavy (non-hydrogen) atoms. The predicted molar refractivity (Wildman–Crippen MR) is 72.8 cm³/mol. The maximum atomic E-state index is 5.95. The minimum absolute atomic E-state index is 0.430. The van der Waals surface area contributed by atoms with Crippen LogP contribution in [0.15, 0.2) is 30.3 Å². The van der Waals surface area contributed by atoms with E-state index in [1.807, 2.05) is 43.1 Å². The first-order chi connectivity index (χ1) is 8.61. The van der Waals surface area contributed by atoms with Crippen molar-refractivity contribution in [2.75, 3.05) is 19.1 Å². The van der Waals surface area contributed by atoms with Crippen LogP contribution in [0.2, 0.25) is 5.15 Å². The van der Waals surface area contributed by atoms with E-state index in [1.54, 1.807) is 13.2 Å². The Balaban J connectivity index is 2.44. The zero-order valence-corrected chi connectivity index (χ0v) is 11.3.